The first kappa shape index (κ1) is 20.8. The number of hydrogen-bond acceptors (Lipinski definition) is 3. The van der Waals surface area contributed by atoms with Crippen LogP contribution in [0.2, 0.25) is 0 Å². The molecule has 0 saturated carbocycles. The van der Waals surface area contributed by atoms with Crippen LogP contribution in [0.25, 0.3) is 0 Å². The summed E-state index contributed by atoms with van der Waals surface area (Å²) < 4.78 is 13.2. The molecule has 152 valence electrons. The van der Waals surface area contributed by atoms with Gasteiger partial charge in [-0.3, -0.25) is 4.90 Å². The highest BCUT2D eigenvalue weighted by Gasteiger charge is 2.28. The third-order valence-electron chi connectivity index (χ3n) is 5.57. The normalized spacial score (nSPS) is 19.3. The lowest BCUT2D eigenvalue weighted by molar-refractivity contribution is 0.137. The second kappa shape index (κ2) is 10.0. The molecular weight excluding hydrogens is 367 g/mol. The molecule has 1 fully saturated rings. The zero-order valence-electron chi connectivity index (χ0n) is 16.7. The van der Waals surface area contributed by atoms with Crippen molar-refractivity contribution in [3.05, 3.63) is 65.5 Å². The summed E-state index contributed by atoms with van der Waals surface area (Å²) >= 11 is 0. The van der Waals surface area contributed by atoms with Crippen LogP contribution in [-0.2, 0) is 0 Å². The first-order valence-electron chi connectivity index (χ1n) is 10.1. The number of likely N-dealkylation sites (tertiary alicyclic amines) is 1. The summed E-state index contributed by atoms with van der Waals surface area (Å²) in [6.07, 6.45) is 3.09. The quantitative estimate of drug-likeness (QED) is 0.710. The predicted octanol–water partition coefficient (Wildman–Crippen LogP) is 4.48. The number of carbonyl (C=O) groups is 1. The first-order chi connectivity index (χ1) is 14.1. The molecule has 5 nitrogen and oxygen atoms in total. The van der Waals surface area contributed by atoms with Crippen LogP contribution in [-0.4, -0.2) is 36.6 Å². The Morgan fingerprint density at radius 2 is 2.07 bits per heavy atom. The van der Waals surface area contributed by atoms with Crippen molar-refractivity contribution in [2.45, 2.75) is 38.1 Å². The molecule has 0 bridgehead atoms. The SMILES string of the molecule is CC1C(c2ccc(F)cc2)CCCN1CCCNC(=O)Nc1cccc(C#N)c1. The Labute approximate surface area is 171 Å². The van der Waals surface area contributed by atoms with Crippen molar-refractivity contribution in [3.8, 4) is 6.07 Å². The van der Waals surface area contributed by atoms with Crippen molar-refractivity contribution in [1.29, 1.82) is 5.26 Å². The van der Waals surface area contributed by atoms with E-state index in [9.17, 15) is 9.18 Å². The van der Waals surface area contributed by atoms with E-state index in [1.165, 1.54) is 17.7 Å². The summed E-state index contributed by atoms with van der Waals surface area (Å²) in [4.78, 5) is 14.5. The summed E-state index contributed by atoms with van der Waals surface area (Å²) in [6, 6.07) is 15.9. The molecule has 2 unspecified atom stereocenters. The monoisotopic (exact) mass is 394 g/mol. The van der Waals surface area contributed by atoms with E-state index in [1.807, 2.05) is 12.1 Å². The molecule has 2 atom stereocenters. The number of amides is 2. The third kappa shape index (κ3) is 5.78. The van der Waals surface area contributed by atoms with Crippen molar-refractivity contribution < 1.29 is 9.18 Å². The van der Waals surface area contributed by atoms with Crippen LogP contribution < -0.4 is 10.6 Å². The molecule has 0 spiro atoms. The van der Waals surface area contributed by atoms with Gasteiger partial charge in [-0.2, -0.15) is 5.26 Å². The summed E-state index contributed by atoms with van der Waals surface area (Å²) in [7, 11) is 0. The number of nitrogens with one attached hydrogen (secondary N) is 2. The summed E-state index contributed by atoms with van der Waals surface area (Å²) in [5.74, 6) is 0.214. The Bertz CT molecular complexity index is 862. The highest BCUT2D eigenvalue weighted by atomic mass is 19.1. The van der Waals surface area contributed by atoms with Crippen LogP contribution in [0.3, 0.4) is 0 Å². The number of nitriles is 1. The maximum atomic E-state index is 13.2. The predicted molar refractivity (Wildman–Crippen MR) is 112 cm³/mol. The van der Waals surface area contributed by atoms with Crippen molar-refractivity contribution in [1.82, 2.24) is 10.2 Å². The van der Waals surface area contributed by atoms with Crippen molar-refractivity contribution in [2.24, 2.45) is 0 Å². The van der Waals surface area contributed by atoms with Gasteiger partial charge in [0.15, 0.2) is 0 Å². The van der Waals surface area contributed by atoms with E-state index in [2.05, 4.69) is 28.5 Å². The molecule has 2 aromatic carbocycles. The second-order valence-electron chi connectivity index (χ2n) is 7.50. The number of benzene rings is 2. The Hall–Kier alpha value is -2.91. The fourth-order valence-electron chi connectivity index (χ4n) is 4.01. The number of carbonyl (C=O) groups excluding carboxylic acids is 1. The average molecular weight is 394 g/mol. The zero-order valence-corrected chi connectivity index (χ0v) is 16.7. The smallest absolute Gasteiger partial charge is 0.319 e. The molecule has 0 aliphatic carbocycles. The standard InChI is InChI=1S/C23H27FN4O/c1-17-22(19-8-10-20(24)11-9-19)7-3-13-28(17)14-4-12-26-23(29)27-21-6-2-5-18(15-21)16-25/h2,5-6,8-11,15,17,22H,3-4,7,12-14H2,1H3,(H2,26,27,29). The van der Waals surface area contributed by atoms with Gasteiger partial charge in [0.2, 0.25) is 0 Å². The topological polar surface area (TPSA) is 68.2 Å². The van der Waals surface area contributed by atoms with Gasteiger partial charge in [0, 0.05) is 24.8 Å². The lowest BCUT2D eigenvalue weighted by atomic mass is 9.84. The van der Waals surface area contributed by atoms with Gasteiger partial charge in [-0.1, -0.05) is 18.2 Å². The number of urea groups is 1. The van der Waals surface area contributed by atoms with Gasteiger partial charge in [-0.25, -0.2) is 9.18 Å². The molecule has 6 heteroatoms. The highest BCUT2D eigenvalue weighted by Crippen LogP contribution is 2.32. The number of nitrogens with zero attached hydrogens (tertiary/aromatic N) is 2. The van der Waals surface area contributed by atoms with Gasteiger partial charge >= 0.3 is 6.03 Å². The van der Waals surface area contributed by atoms with Gasteiger partial charge in [0.05, 0.1) is 11.6 Å². The molecule has 2 amide bonds. The summed E-state index contributed by atoms with van der Waals surface area (Å²) in [5, 5.41) is 14.5. The molecule has 2 N–H and O–H groups in total. The van der Waals surface area contributed by atoms with Gasteiger partial charge in [0.1, 0.15) is 5.82 Å². The van der Waals surface area contributed by atoms with E-state index in [-0.39, 0.29) is 11.8 Å². The molecule has 3 rings (SSSR count). The Morgan fingerprint density at radius 1 is 1.28 bits per heavy atom. The molecule has 1 aliphatic heterocycles. The van der Waals surface area contributed by atoms with E-state index in [0.717, 1.165) is 32.4 Å². The summed E-state index contributed by atoms with van der Waals surface area (Å²) in [6.45, 7) is 4.76. The molecule has 29 heavy (non-hydrogen) atoms. The first-order valence-corrected chi connectivity index (χ1v) is 10.1. The van der Waals surface area contributed by atoms with E-state index >= 15 is 0 Å². The van der Waals surface area contributed by atoms with Crippen LogP contribution in [0.15, 0.2) is 48.5 Å². The maximum absolute atomic E-state index is 13.2. The molecule has 0 aromatic heterocycles. The maximum Gasteiger partial charge on any atom is 0.319 e. The molecule has 1 saturated heterocycles. The van der Waals surface area contributed by atoms with Crippen LogP contribution in [0.5, 0.6) is 0 Å². The van der Waals surface area contributed by atoms with Crippen molar-refractivity contribution >= 4 is 11.7 Å². The molecular formula is C23H27FN4O. The lowest BCUT2D eigenvalue weighted by Crippen LogP contribution is -2.43. The van der Waals surface area contributed by atoms with Gasteiger partial charge in [-0.05, 0) is 74.5 Å². The minimum atomic E-state index is -0.268. The number of halogens is 1. The van der Waals surface area contributed by atoms with Crippen molar-refractivity contribution in [2.75, 3.05) is 25.0 Å². The Morgan fingerprint density at radius 3 is 2.83 bits per heavy atom. The molecule has 2 aromatic rings. The Balaban J connectivity index is 1.43. The van der Waals surface area contributed by atoms with Gasteiger partial charge < -0.3 is 10.6 Å². The number of hydrogen-bond donors (Lipinski definition) is 2. The van der Waals surface area contributed by atoms with Gasteiger partial charge in [0.25, 0.3) is 0 Å². The molecule has 1 heterocycles. The minimum Gasteiger partial charge on any atom is -0.338 e. The van der Waals surface area contributed by atoms with Crippen LogP contribution in [0.1, 0.15) is 43.2 Å². The van der Waals surface area contributed by atoms with Crippen LogP contribution >= 0.6 is 0 Å². The minimum absolute atomic E-state index is 0.197. The Kier molecular flexibility index (Phi) is 7.20. The third-order valence-corrected chi connectivity index (χ3v) is 5.57. The second-order valence-corrected chi connectivity index (χ2v) is 7.50. The lowest BCUT2D eigenvalue weighted by Gasteiger charge is -2.39. The van der Waals surface area contributed by atoms with Crippen LogP contribution in [0, 0.1) is 17.1 Å². The molecule has 0 radical (unpaired) electrons. The van der Waals surface area contributed by atoms with Crippen molar-refractivity contribution in [3.63, 3.8) is 0 Å². The van der Waals surface area contributed by atoms with Gasteiger partial charge in [-0.15, -0.1) is 0 Å². The van der Waals surface area contributed by atoms with Crippen LogP contribution in [0.4, 0.5) is 14.9 Å². The fourth-order valence-corrected chi connectivity index (χ4v) is 4.01. The number of anilines is 1. The average Bonchev–Trinajstić information content (AvgIpc) is 2.73. The largest absolute Gasteiger partial charge is 0.338 e. The fraction of sp³-hybridized carbons (Fsp3) is 0.391. The number of rotatable bonds is 6. The summed E-state index contributed by atoms with van der Waals surface area (Å²) in [5.41, 5.74) is 2.31. The van der Waals surface area contributed by atoms with E-state index < -0.39 is 0 Å². The van der Waals surface area contributed by atoms with E-state index in [1.54, 1.807) is 24.3 Å². The highest BCUT2D eigenvalue weighted by molar-refractivity contribution is 5.89. The molecule has 1 aliphatic rings. The van der Waals surface area contributed by atoms with E-state index in [4.69, 9.17) is 5.26 Å². The number of piperidine rings is 1. The van der Waals surface area contributed by atoms with E-state index in [0.29, 0.717) is 29.8 Å². The zero-order chi connectivity index (χ0) is 20.6.